The summed E-state index contributed by atoms with van der Waals surface area (Å²) in [6.07, 6.45) is 0. The zero-order chi connectivity index (χ0) is 23.3. The Morgan fingerprint density at radius 3 is 2.17 bits per heavy atom. The molecule has 0 atom stereocenters. The Morgan fingerprint density at radius 1 is 0.600 bits per heavy atom. The molecule has 2 heteroatoms. The van der Waals surface area contributed by atoms with E-state index in [1.54, 1.807) is 0 Å². The van der Waals surface area contributed by atoms with Gasteiger partial charge in [-0.1, -0.05) is 105 Å². The van der Waals surface area contributed by atoms with E-state index in [-0.39, 0.29) is 5.41 Å². The summed E-state index contributed by atoms with van der Waals surface area (Å²) in [5.41, 5.74) is 8.15. The first-order valence-electron chi connectivity index (χ1n) is 12.2. The Bertz CT molecular complexity index is 1970. The van der Waals surface area contributed by atoms with Gasteiger partial charge in [0.2, 0.25) is 0 Å². The number of thiophene rings is 1. The lowest BCUT2D eigenvalue weighted by Crippen LogP contribution is -2.14. The lowest BCUT2D eigenvalue weighted by molar-refractivity contribution is 0.667. The monoisotopic (exact) mass is 465 g/mol. The lowest BCUT2D eigenvalue weighted by atomic mass is 9.81. The maximum Gasteiger partial charge on any atom is 0.0719 e. The zero-order valence-electron chi connectivity index (χ0n) is 19.7. The topological polar surface area (TPSA) is 4.93 Å². The van der Waals surface area contributed by atoms with Gasteiger partial charge >= 0.3 is 0 Å². The molecule has 35 heavy (non-hydrogen) atoms. The van der Waals surface area contributed by atoms with Crippen molar-refractivity contribution in [1.82, 2.24) is 4.57 Å². The molecule has 1 aliphatic rings. The highest BCUT2D eigenvalue weighted by molar-refractivity contribution is 7.23. The normalized spacial score (nSPS) is 14.2. The van der Waals surface area contributed by atoms with Gasteiger partial charge in [0.1, 0.15) is 0 Å². The van der Waals surface area contributed by atoms with E-state index in [0.29, 0.717) is 0 Å². The second-order valence-corrected chi connectivity index (χ2v) is 11.2. The number of para-hydroxylation sites is 1. The van der Waals surface area contributed by atoms with Crippen molar-refractivity contribution >= 4 is 54.0 Å². The van der Waals surface area contributed by atoms with Crippen LogP contribution >= 0.6 is 11.3 Å². The standard InChI is InChI=1S/C33H23NS/c1-33(2)27-15-9-8-14-25(27)31-28(33)26-19-18-24-23-17-16-20-10-6-7-13-22(20)29(23)34(30(24)32(26)35-31)21-11-4-3-5-12-21/h3-19H,1-2H3. The largest absolute Gasteiger partial charge is 0.307 e. The molecule has 8 rings (SSSR count). The summed E-state index contributed by atoms with van der Waals surface area (Å²) in [6, 6.07) is 37.9. The van der Waals surface area contributed by atoms with Crippen LogP contribution in [0, 0.1) is 0 Å². The van der Waals surface area contributed by atoms with E-state index in [1.165, 1.54) is 69.9 Å². The van der Waals surface area contributed by atoms with Crippen molar-refractivity contribution < 1.29 is 0 Å². The summed E-state index contributed by atoms with van der Waals surface area (Å²) in [5, 5.41) is 6.61. The first-order chi connectivity index (χ1) is 17.1. The number of benzene rings is 5. The number of aromatic nitrogens is 1. The first-order valence-corrected chi connectivity index (χ1v) is 13.0. The van der Waals surface area contributed by atoms with Crippen LogP contribution in [0.4, 0.5) is 0 Å². The quantitative estimate of drug-likeness (QED) is 0.227. The van der Waals surface area contributed by atoms with Crippen LogP contribution in [0.5, 0.6) is 0 Å². The first kappa shape index (κ1) is 19.4. The van der Waals surface area contributed by atoms with E-state index in [1.807, 2.05) is 11.3 Å². The van der Waals surface area contributed by atoms with Crippen LogP contribution in [0.3, 0.4) is 0 Å². The highest BCUT2D eigenvalue weighted by atomic mass is 32.1. The minimum atomic E-state index is -0.00581. The van der Waals surface area contributed by atoms with Gasteiger partial charge in [-0.15, -0.1) is 11.3 Å². The van der Waals surface area contributed by atoms with Crippen LogP contribution in [0.1, 0.15) is 25.0 Å². The fourth-order valence-corrected chi connectivity index (χ4v) is 7.95. The molecule has 0 aliphatic heterocycles. The van der Waals surface area contributed by atoms with Gasteiger partial charge in [-0.3, -0.25) is 0 Å². The fraction of sp³-hybridized carbons (Fsp3) is 0.0909. The molecule has 0 N–H and O–H groups in total. The average Bonchev–Trinajstić information content (AvgIpc) is 3.52. The molecule has 166 valence electrons. The van der Waals surface area contributed by atoms with Gasteiger partial charge in [0.05, 0.1) is 15.7 Å². The Hall–Kier alpha value is -3.88. The van der Waals surface area contributed by atoms with E-state index in [9.17, 15) is 0 Å². The number of nitrogens with zero attached hydrogens (tertiary/aromatic N) is 1. The maximum absolute atomic E-state index is 2.51. The van der Waals surface area contributed by atoms with Crippen LogP contribution in [0.2, 0.25) is 0 Å². The SMILES string of the molecule is CC1(C)c2ccccc2-c2sc3c(ccc4c5ccc6ccccc6c5n(-c5ccccc5)c43)c21. The molecule has 2 aromatic heterocycles. The molecule has 5 aromatic carbocycles. The fourth-order valence-electron chi connectivity index (χ4n) is 6.42. The zero-order valence-corrected chi connectivity index (χ0v) is 20.5. The van der Waals surface area contributed by atoms with Gasteiger partial charge in [0, 0.05) is 32.1 Å². The van der Waals surface area contributed by atoms with Gasteiger partial charge in [-0.05, 0) is 39.6 Å². The number of hydrogen-bond donors (Lipinski definition) is 0. The summed E-state index contributed by atoms with van der Waals surface area (Å²) < 4.78 is 3.90. The van der Waals surface area contributed by atoms with E-state index < -0.39 is 0 Å². The Kier molecular flexibility index (Phi) is 3.67. The highest BCUT2D eigenvalue weighted by Gasteiger charge is 2.39. The molecule has 0 saturated carbocycles. The molecular weight excluding hydrogens is 442 g/mol. The minimum Gasteiger partial charge on any atom is -0.307 e. The Morgan fingerprint density at radius 2 is 1.29 bits per heavy atom. The van der Waals surface area contributed by atoms with Crippen LogP contribution < -0.4 is 0 Å². The lowest BCUT2D eigenvalue weighted by Gasteiger charge is -2.21. The average molecular weight is 466 g/mol. The van der Waals surface area contributed by atoms with Gasteiger partial charge in [-0.25, -0.2) is 0 Å². The third kappa shape index (κ3) is 2.38. The molecule has 1 nitrogen and oxygen atoms in total. The molecular formula is C33H23NS. The van der Waals surface area contributed by atoms with Crippen molar-refractivity contribution in [3.05, 3.63) is 114 Å². The summed E-state index contributed by atoms with van der Waals surface area (Å²) in [5.74, 6) is 0. The molecule has 0 saturated heterocycles. The molecule has 0 spiro atoms. The molecule has 1 aliphatic carbocycles. The van der Waals surface area contributed by atoms with Gasteiger partial charge in [0.15, 0.2) is 0 Å². The van der Waals surface area contributed by atoms with Crippen molar-refractivity contribution in [1.29, 1.82) is 0 Å². The third-order valence-corrected chi connectivity index (χ3v) is 9.20. The van der Waals surface area contributed by atoms with E-state index in [0.717, 1.165) is 0 Å². The predicted molar refractivity (Wildman–Crippen MR) is 151 cm³/mol. The van der Waals surface area contributed by atoms with E-state index >= 15 is 0 Å². The second kappa shape index (κ2) is 6.62. The molecule has 0 unspecified atom stereocenters. The smallest absolute Gasteiger partial charge is 0.0719 e. The molecule has 2 heterocycles. The second-order valence-electron chi connectivity index (χ2n) is 10.2. The summed E-state index contributed by atoms with van der Waals surface area (Å²) in [6.45, 7) is 4.77. The Balaban J connectivity index is 1.62. The highest BCUT2D eigenvalue weighted by Crippen LogP contribution is 2.56. The Labute approximate surface area is 207 Å². The molecule has 0 amide bonds. The maximum atomic E-state index is 2.51. The van der Waals surface area contributed by atoms with E-state index in [2.05, 4.69) is 122 Å². The minimum absolute atomic E-state index is 0.00581. The van der Waals surface area contributed by atoms with Gasteiger partial charge in [0.25, 0.3) is 0 Å². The molecule has 0 radical (unpaired) electrons. The summed E-state index contributed by atoms with van der Waals surface area (Å²) in [4.78, 5) is 1.43. The molecule has 7 aromatic rings. The van der Waals surface area contributed by atoms with Crippen molar-refractivity contribution in [2.75, 3.05) is 0 Å². The van der Waals surface area contributed by atoms with Crippen LogP contribution in [0.25, 0.3) is 58.8 Å². The van der Waals surface area contributed by atoms with Crippen molar-refractivity contribution in [3.63, 3.8) is 0 Å². The van der Waals surface area contributed by atoms with Crippen LogP contribution in [-0.2, 0) is 5.41 Å². The summed E-state index contributed by atoms with van der Waals surface area (Å²) in [7, 11) is 0. The van der Waals surface area contributed by atoms with Gasteiger partial charge in [-0.2, -0.15) is 0 Å². The third-order valence-electron chi connectivity index (χ3n) is 7.95. The summed E-state index contributed by atoms with van der Waals surface area (Å²) >= 11 is 1.97. The van der Waals surface area contributed by atoms with Crippen molar-refractivity contribution in [2.45, 2.75) is 19.3 Å². The number of hydrogen-bond acceptors (Lipinski definition) is 1. The van der Waals surface area contributed by atoms with Gasteiger partial charge < -0.3 is 4.57 Å². The molecule has 0 bridgehead atoms. The van der Waals surface area contributed by atoms with Crippen molar-refractivity contribution in [3.8, 4) is 16.1 Å². The van der Waals surface area contributed by atoms with Crippen LogP contribution in [0.15, 0.2) is 103 Å². The van der Waals surface area contributed by atoms with Crippen LogP contribution in [-0.4, -0.2) is 4.57 Å². The predicted octanol–water partition coefficient (Wildman–Crippen LogP) is 9.46. The van der Waals surface area contributed by atoms with Crippen molar-refractivity contribution in [2.24, 2.45) is 0 Å². The van der Waals surface area contributed by atoms with E-state index in [4.69, 9.17) is 0 Å². The number of fused-ring (bicyclic) bond motifs is 11. The number of rotatable bonds is 1. The molecule has 0 fully saturated rings.